The zero-order chi connectivity index (χ0) is 13.9. The van der Waals surface area contributed by atoms with Crippen LogP contribution in [0.15, 0.2) is 12.1 Å². The smallest absolute Gasteiger partial charge is 0.160 e. The summed E-state index contributed by atoms with van der Waals surface area (Å²) >= 11 is 0. The van der Waals surface area contributed by atoms with Crippen molar-refractivity contribution in [3.8, 4) is 0 Å². The van der Waals surface area contributed by atoms with Crippen LogP contribution in [-0.2, 0) is 42.2 Å². The zero-order valence-electron chi connectivity index (χ0n) is 12.0. The molecule has 0 amide bonds. The molecule has 0 atom stereocenters. The van der Waals surface area contributed by atoms with Gasteiger partial charge in [-0.3, -0.25) is 0 Å². The number of halogens is 2. The molecule has 3 rings (SSSR count). The van der Waals surface area contributed by atoms with Gasteiger partial charge in [0.25, 0.3) is 0 Å². The van der Waals surface area contributed by atoms with Gasteiger partial charge in [-0.25, -0.2) is 8.78 Å². The summed E-state index contributed by atoms with van der Waals surface area (Å²) in [5, 5.41) is 0. The molecule has 0 aromatic heterocycles. The molecule has 0 N–H and O–H groups in total. The fraction of sp³-hybridized carbons (Fsp3) is 0.625. The molecule has 2 nitrogen and oxygen atoms in total. The van der Waals surface area contributed by atoms with E-state index in [9.17, 15) is 8.78 Å². The molecule has 1 aromatic carbocycles. The molecular formula is C16H19F2O2Y-. The Morgan fingerprint density at radius 1 is 0.952 bits per heavy atom. The average Bonchev–Trinajstić information content (AvgIpc) is 2.47. The Kier molecular flexibility index (Phi) is 6.73. The fourth-order valence-corrected chi connectivity index (χ4v) is 3.26. The summed E-state index contributed by atoms with van der Waals surface area (Å²) in [6, 6.07) is 4.85. The number of rotatable bonds is 2. The SMILES string of the molecule is Fc1[c-]c(F)cc(C2CCC(C3OCCCO3)CC2)c1.[Y]. The van der Waals surface area contributed by atoms with Crippen molar-refractivity contribution in [2.75, 3.05) is 13.2 Å². The van der Waals surface area contributed by atoms with Crippen molar-refractivity contribution in [1.29, 1.82) is 0 Å². The minimum atomic E-state index is -0.610. The minimum absolute atomic E-state index is 0. The van der Waals surface area contributed by atoms with E-state index in [1.165, 1.54) is 12.1 Å². The summed E-state index contributed by atoms with van der Waals surface area (Å²) in [5.74, 6) is -0.577. The third kappa shape index (κ3) is 4.54. The van der Waals surface area contributed by atoms with Crippen LogP contribution in [0.3, 0.4) is 0 Å². The van der Waals surface area contributed by atoms with Crippen molar-refractivity contribution in [1.82, 2.24) is 0 Å². The molecule has 1 aliphatic heterocycles. The summed E-state index contributed by atoms with van der Waals surface area (Å²) in [4.78, 5) is 0. The van der Waals surface area contributed by atoms with Crippen molar-refractivity contribution in [3.05, 3.63) is 35.4 Å². The third-order valence-electron chi connectivity index (χ3n) is 4.31. The maximum Gasteiger partial charge on any atom is 0.160 e. The van der Waals surface area contributed by atoms with Crippen LogP contribution in [0.25, 0.3) is 0 Å². The van der Waals surface area contributed by atoms with Crippen LogP contribution >= 0.6 is 0 Å². The topological polar surface area (TPSA) is 18.5 Å². The molecule has 113 valence electrons. The van der Waals surface area contributed by atoms with E-state index >= 15 is 0 Å². The summed E-state index contributed by atoms with van der Waals surface area (Å²) in [5.41, 5.74) is 0.752. The molecular weight excluding hydrogens is 351 g/mol. The summed E-state index contributed by atoms with van der Waals surface area (Å²) in [7, 11) is 0. The summed E-state index contributed by atoms with van der Waals surface area (Å²) < 4.78 is 37.7. The van der Waals surface area contributed by atoms with E-state index in [-0.39, 0.29) is 44.9 Å². The minimum Gasteiger partial charge on any atom is -0.352 e. The van der Waals surface area contributed by atoms with Gasteiger partial charge in [-0.2, -0.15) is 0 Å². The Hall–Kier alpha value is 0.104. The van der Waals surface area contributed by atoms with Crippen LogP contribution in [0.1, 0.15) is 43.6 Å². The van der Waals surface area contributed by atoms with Gasteiger partial charge < -0.3 is 9.47 Å². The zero-order valence-corrected chi connectivity index (χ0v) is 14.8. The maximum atomic E-state index is 13.2. The predicted molar refractivity (Wildman–Crippen MR) is 70.2 cm³/mol. The summed E-state index contributed by atoms with van der Waals surface area (Å²) in [6.07, 6.45) is 4.70. The molecule has 0 spiro atoms. The molecule has 2 fully saturated rings. The fourth-order valence-electron chi connectivity index (χ4n) is 3.26. The molecule has 1 saturated carbocycles. The number of hydrogen-bond donors (Lipinski definition) is 0. The molecule has 1 radical (unpaired) electrons. The van der Waals surface area contributed by atoms with Crippen molar-refractivity contribution in [3.63, 3.8) is 0 Å². The van der Waals surface area contributed by atoms with Gasteiger partial charge in [0.1, 0.15) is 0 Å². The van der Waals surface area contributed by atoms with Gasteiger partial charge in [0.2, 0.25) is 0 Å². The summed E-state index contributed by atoms with van der Waals surface area (Å²) in [6.45, 7) is 1.55. The first-order chi connectivity index (χ1) is 9.72. The van der Waals surface area contributed by atoms with Gasteiger partial charge in [0.05, 0.1) is 13.2 Å². The van der Waals surface area contributed by atoms with Crippen molar-refractivity contribution in [2.24, 2.45) is 5.92 Å². The van der Waals surface area contributed by atoms with Crippen LogP contribution < -0.4 is 0 Å². The second kappa shape index (κ2) is 8.10. The van der Waals surface area contributed by atoms with E-state index in [0.717, 1.165) is 50.9 Å². The Morgan fingerprint density at radius 2 is 1.52 bits per heavy atom. The van der Waals surface area contributed by atoms with Gasteiger partial charge in [-0.05, 0) is 38.0 Å². The van der Waals surface area contributed by atoms with Crippen LogP contribution in [0.4, 0.5) is 8.78 Å². The largest absolute Gasteiger partial charge is 0.352 e. The number of benzene rings is 1. The van der Waals surface area contributed by atoms with Gasteiger partial charge >= 0.3 is 0 Å². The van der Waals surface area contributed by atoms with Crippen LogP contribution in [0, 0.1) is 23.6 Å². The number of ether oxygens (including phenoxy) is 2. The first-order valence-corrected chi connectivity index (χ1v) is 7.34. The first kappa shape index (κ1) is 17.5. The molecule has 1 aliphatic carbocycles. The predicted octanol–water partition coefficient (Wildman–Crippen LogP) is 3.80. The van der Waals surface area contributed by atoms with Crippen LogP contribution in [0.2, 0.25) is 0 Å². The van der Waals surface area contributed by atoms with E-state index in [1.807, 2.05) is 6.07 Å². The van der Waals surface area contributed by atoms with Gasteiger partial charge in [-0.1, -0.05) is 0 Å². The van der Waals surface area contributed by atoms with Crippen LogP contribution in [-0.4, -0.2) is 19.5 Å². The molecule has 0 unspecified atom stereocenters. The van der Waals surface area contributed by atoms with E-state index in [4.69, 9.17) is 9.47 Å². The molecule has 21 heavy (non-hydrogen) atoms. The third-order valence-corrected chi connectivity index (χ3v) is 4.31. The molecule has 2 aliphatic rings. The van der Waals surface area contributed by atoms with Crippen molar-refractivity contribution < 1.29 is 51.0 Å². The molecule has 5 heteroatoms. The first-order valence-electron chi connectivity index (χ1n) is 7.34. The number of hydrogen-bond acceptors (Lipinski definition) is 2. The Balaban J connectivity index is 0.00000161. The normalized spacial score (nSPS) is 27.1. The standard InChI is InChI=1S/C16H19F2O2.Y/c17-14-8-13(9-15(18)10-14)11-2-4-12(5-3-11)16-19-6-1-7-20-16;/h8-9,11-12,16H,1-7H2;/q-1;. The Labute approximate surface area is 149 Å². The molecule has 1 saturated heterocycles. The van der Waals surface area contributed by atoms with E-state index in [0.29, 0.717) is 5.92 Å². The van der Waals surface area contributed by atoms with Gasteiger partial charge in [0, 0.05) is 50.3 Å². The Bertz CT molecular complexity index is 435. The molecule has 1 aromatic rings. The average molecular weight is 370 g/mol. The van der Waals surface area contributed by atoms with E-state index in [1.54, 1.807) is 0 Å². The second-order valence-electron chi connectivity index (χ2n) is 5.68. The maximum absolute atomic E-state index is 13.2. The Morgan fingerprint density at radius 3 is 2.10 bits per heavy atom. The van der Waals surface area contributed by atoms with E-state index in [2.05, 4.69) is 0 Å². The monoisotopic (exact) mass is 370 g/mol. The molecule has 0 bridgehead atoms. The van der Waals surface area contributed by atoms with Gasteiger partial charge in [-0.15, -0.1) is 23.8 Å². The quantitative estimate of drug-likeness (QED) is 0.738. The van der Waals surface area contributed by atoms with E-state index < -0.39 is 11.6 Å². The van der Waals surface area contributed by atoms with Crippen LogP contribution in [0.5, 0.6) is 0 Å². The second-order valence-corrected chi connectivity index (χ2v) is 5.68. The van der Waals surface area contributed by atoms with Crippen molar-refractivity contribution >= 4 is 0 Å². The molecule has 1 heterocycles. The van der Waals surface area contributed by atoms with Gasteiger partial charge in [0.15, 0.2) is 6.29 Å². The van der Waals surface area contributed by atoms with Crippen molar-refractivity contribution in [2.45, 2.75) is 44.3 Å².